The predicted octanol–water partition coefficient (Wildman–Crippen LogP) is 4.01. The summed E-state index contributed by atoms with van der Waals surface area (Å²) in [5.74, 6) is 0.538. The molecule has 0 fully saturated rings. The van der Waals surface area contributed by atoms with Crippen molar-refractivity contribution < 1.29 is 9.90 Å². The molecule has 0 bridgehead atoms. The molecule has 1 unspecified atom stereocenters. The van der Waals surface area contributed by atoms with Crippen molar-refractivity contribution in [2.45, 2.75) is 25.5 Å². The number of rotatable bonds is 4. The summed E-state index contributed by atoms with van der Waals surface area (Å²) < 4.78 is 3.41. The number of aliphatic hydroxyl groups is 1. The van der Waals surface area contributed by atoms with E-state index in [2.05, 4.69) is 15.7 Å². The molecule has 2 heterocycles. The monoisotopic (exact) mass is 462 g/mol. The number of benzene rings is 2. The Morgan fingerprint density at radius 3 is 2.73 bits per heavy atom. The highest BCUT2D eigenvalue weighted by Crippen LogP contribution is 2.34. The number of fused-ring (bicyclic) bond motifs is 1. The maximum absolute atomic E-state index is 13.1. The molecule has 0 aliphatic heterocycles. The van der Waals surface area contributed by atoms with E-state index in [1.165, 1.54) is 0 Å². The quantitative estimate of drug-likeness (QED) is 0.427. The Morgan fingerprint density at radius 2 is 2.00 bits per heavy atom. The lowest BCUT2D eigenvalue weighted by atomic mass is 10.1. The van der Waals surface area contributed by atoms with Gasteiger partial charge in [0.1, 0.15) is 11.5 Å². The van der Waals surface area contributed by atoms with Gasteiger partial charge in [0.05, 0.1) is 24.0 Å². The number of carbonyl (C=O) groups excluding carboxylic acids is 1. The zero-order valence-electron chi connectivity index (χ0n) is 18.2. The number of hydrogen-bond acceptors (Lipinski definition) is 4. The van der Waals surface area contributed by atoms with Gasteiger partial charge < -0.3 is 10.4 Å². The molecular weight excluding hydrogens is 440 g/mol. The lowest BCUT2D eigenvalue weighted by Gasteiger charge is -2.19. The Labute approximate surface area is 195 Å². The molecule has 33 heavy (non-hydrogen) atoms. The molecule has 3 N–H and O–H groups in total. The molecule has 9 heteroatoms. The molecule has 168 valence electrons. The fourth-order valence-corrected chi connectivity index (χ4v) is 4.45. The van der Waals surface area contributed by atoms with Gasteiger partial charge in [0.2, 0.25) is 0 Å². The fourth-order valence-electron chi connectivity index (χ4n) is 4.27. The maximum Gasteiger partial charge on any atom is 0.320 e. The van der Waals surface area contributed by atoms with Crippen LogP contribution in [0.1, 0.15) is 22.7 Å². The first kappa shape index (κ1) is 21.2. The molecule has 2 aromatic heterocycles. The molecule has 0 saturated carbocycles. The Balaban J connectivity index is 1.47. The summed E-state index contributed by atoms with van der Waals surface area (Å²) in [5, 5.41) is 26.0. The van der Waals surface area contributed by atoms with Crippen molar-refractivity contribution in [1.29, 1.82) is 0 Å². The minimum atomic E-state index is -0.727. The summed E-state index contributed by atoms with van der Waals surface area (Å²) in [7, 11) is 1.84. The van der Waals surface area contributed by atoms with Gasteiger partial charge in [-0.25, -0.2) is 9.48 Å². The zero-order valence-corrected chi connectivity index (χ0v) is 18.9. The van der Waals surface area contributed by atoms with Crippen LogP contribution in [0.4, 0.5) is 10.6 Å². The van der Waals surface area contributed by atoms with Crippen LogP contribution in [0, 0.1) is 6.92 Å². The van der Waals surface area contributed by atoms with Crippen LogP contribution in [0.5, 0.6) is 0 Å². The molecule has 4 aromatic rings. The fraction of sp³-hybridized carbons (Fsp3) is 0.208. The second-order valence-electron chi connectivity index (χ2n) is 8.16. The van der Waals surface area contributed by atoms with Crippen LogP contribution < -0.4 is 10.6 Å². The summed E-state index contributed by atoms with van der Waals surface area (Å²) in [5.41, 5.74) is 4.99. The third-order valence-electron chi connectivity index (χ3n) is 5.88. The first-order valence-electron chi connectivity index (χ1n) is 10.6. The van der Waals surface area contributed by atoms with E-state index in [1.807, 2.05) is 56.6 Å². The van der Waals surface area contributed by atoms with Gasteiger partial charge in [0.25, 0.3) is 0 Å². The number of halogens is 1. The lowest BCUT2D eigenvalue weighted by molar-refractivity contribution is 0.144. The molecule has 1 aliphatic rings. The van der Waals surface area contributed by atoms with Gasteiger partial charge in [-0.3, -0.25) is 10.00 Å². The summed E-state index contributed by atoms with van der Waals surface area (Å²) in [6.45, 7) is 1.91. The molecule has 0 spiro atoms. The van der Waals surface area contributed by atoms with Crippen LogP contribution in [0.15, 0.2) is 60.9 Å². The molecule has 0 radical (unpaired) electrons. The smallest absolute Gasteiger partial charge is 0.320 e. The summed E-state index contributed by atoms with van der Waals surface area (Å²) in [4.78, 5) is 13.1. The second kappa shape index (κ2) is 8.38. The van der Waals surface area contributed by atoms with Crippen LogP contribution in [-0.2, 0) is 13.5 Å². The van der Waals surface area contributed by atoms with Crippen molar-refractivity contribution >= 4 is 23.4 Å². The Bertz CT molecular complexity index is 1330. The van der Waals surface area contributed by atoms with E-state index >= 15 is 0 Å². The van der Waals surface area contributed by atoms with E-state index in [0.29, 0.717) is 17.3 Å². The van der Waals surface area contributed by atoms with Crippen LogP contribution in [0.2, 0.25) is 5.02 Å². The number of aliphatic hydroxyl groups excluding tert-OH is 1. The standard InChI is InChI=1S/C24H23ClN6O2/c1-14-21(16-12-26-30(2)13-16)29-31(18-6-4-3-5-7-18)23(14)28-24(33)27-22-19-11-17(25)9-8-15(19)10-20(22)32/h3-9,11-13,20,22,32H,10H2,1-2H3,(H2,27,28,33)/t20-,22?/m1/s1. The number of nitrogens with zero attached hydrogens (tertiary/aromatic N) is 4. The molecule has 2 amide bonds. The third kappa shape index (κ3) is 3.99. The first-order valence-corrected chi connectivity index (χ1v) is 11.0. The number of carbonyl (C=O) groups is 1. The number of aromatic nitrogens is 4. The van der Waals surface area contributed by atoms with Crippen molar-refractivity contribution in [2.24, 2.45) is 7.05 Å². The number of para-hydroxylation sites is 1. The molecule has 5 rings (SSSR count). The minimum absolute atomic E-state index is 0.440. The van der Waals surface area contributed by atoms with E-state index in [4.69, 9.17) is 16.7 Å². The Morgan fingerprint density at radius 1 is 1.21 bits per heavy atom. The van der Waals surface area contributed by atoms with Crippen molar-refractivity contribution in [3.63, 3.8) is 0 Å². The highest BCUT2D eigenvalue weighted by molar-refractivity contribution is 6.30. The lowest BCUT2D eigenvalue weighted by Crippen LogP contribution is -2.37. The van der Waals surface area contributed by atoms with Crippen molar-refractivity contribution in [2.75, 3.05) is 5.32 Å². The van der Waals surface area contributed by atoms with Gasteiger partial charge >= 0.3 is 6.03 Å². The highest BCUT2D eigenvalue weighted by atomic mass is 35.5. The van der Waals surface area contributed by atoms with Gasteiger partial charge in [-0.1, -0.05) is 35.9 Å². The summed E-state index contributed by atoms with van der Waals surface area (Å²) in [6, 6.07) is 14.1. The van der Waals surface area contributed by atoms with Crippen molar-refractivity contribution in [3.05, 3.63) is 82.6 Å². The van der Waals surface area contributed by atoms with E-state index in [-0.39, 0.29) is 0 Å². The Hall–Kier alpha value is -3.62. The highest BCUT2D eigenvalue weighted by Gasteiger charge is 2.33. The average molecular weight is 463 g/mol. The molecule has 2 aromatic carbocycles. The normalized spacial score (nSPS) is 17.1. The zero-order chi connectivity index (χ0) is 23.1. The molecule has 1 aliphatic carbocycles. The SMILES string of the molecule is Cc1c(-c2cnn(C)c2)nn(-c2ccccc2)c1NC(=O)NC1c2cc(Cl)ccc2C[C@H]1O. The maximum atomic E-state index is 13.1. The number of amides is 2. The van der Waals surface area contributed by atoms with E-state index in [0.717, 1.165) is 33.6 Å². The first-order chi connectivity index (χ1) is 15.9. The van der Waals surface area contributed by atoms with E-state index in [9.17, 15) is 9.90 Å². The van der Waals surface area contributed by atoms with Crippen molar-refractivity contribution in [3.8, 4) is 16.9 Å². The molecule has 8 nitrogen and oxygen atoms in total. The molecular formula is C24H23ClN6O2. The van der Waals surface area contributed by atoms with Gasteiger partial charge in [-0.15, -0.1) is 0 Å². The Kier molecular flexibility index (Phi) is 5.39. The largest absolute Gasteiger partial charge is 0.390 e. The number of anilines is 1. The van der Waals surface area contributed by atoms with Crippen LogP contribution in [0.25, 0.3) is 16.9 Å². The average Bonchev–Trinajstić information content (AvgIpc) is 3.46. The van der Waals surface area contributed by atoms with Crippen LogP contribution in [0.3, 0.4) is 0 Å². The number of aryl methyl sites for hydroxylation is 1. The number of hydrogen-bond donors (Lipinski definition) is 3. The van der Waals surface area contributed by atoms with Gasteiger partial charge in [-0.05, 0) is 42.3 Å². The molecule has 0 saturated heterocycles. The number of nitrogens with one attached hydrogen (secondary N) is 2. The van der Waals surface area contributed by atoms with Gasteiger partial charge in [0, 0.05) is 35.8 Å². The van der Waals surface area contributed by atoms with E-state index in [1.54, 1.807) is 27.7 Å². The summed E-state index contributed by atoms with van der Waals surface area (Å²) >= 11 is 6.15. The number of urea groups is 1. The van der Waals surface area contributed by atoms with Gasteiger partial charge in [0.15, 0.2) is 0 Å². The van der Waals surface area contributed by atoms with Gasteiger partial charge in [-0.2, -0.15) is 10.2 Å². The molecule has 2 atom stereocenters. The summed E-state index contributed by atoms with van der Waals surface area (Å²) in [6.07, 6.45) is 3.35. The predicted molar refractivity (Wildman–Crippen MR) is 127 cm³/mol. The minimum Gasteiger partial charge on any atom is -0.390 e. The van der Waals surface area contributed by atoms with Crippen LogP contribution >= 0.6 is 11.6 Å². The van der Waals surface area contributed by atoms with Crippen molar-refractivity contribution in [1.82, 2.24) is 24.9 Å². The topological polar surface area (TPSA) is 97.0 Å². The van der Waals surface area contributed by atoms with Crippen LogP contribution in [-0.4, -0.2) is 36.8 Å². The van der Waals surface area contributed by atoms with E-state index < -0.39 is 18.2 Å². The second-order valence-corrected chi connectivity index (χ2v) is 8.60. The third-order valence-corrected chi connectivity index (χ3v) is 6.11.